The molecule has 2 heterocycles. The molecule has 2 unspecified atom stereocenters. The van der Waals surface area contributed by atoms with Crippen LogP contribution in [0, 0.1) is 0 Å². The van der Waals surface area contributed by atoms with Crippen LogP contribution in [0.25, 0.3) is 0 Å². The molecule has 0 spiro atoms. The lowest BCUT2D eigenvalue weighted by Gasteiger charge is -2.33. The Morgan fingerprint density at radius 2 is 1.00 bits per heavy atom. The van der Waals surface area contributed by atoms with Crippen LogP contribution in [0.5, 0.6) is 0 Å². The maximum absolute atomic E-state index is 12.3. The van der Waals surface area contributed by atoms with Crippen LogP contribution in [-0.4, -0.2) is 94.1 Å². The predicted octanol–water partition coefficient (Wildman–Crippen LogP) is 2.99. The van der Waals surface area contributed by atoms with E-state index in [1.165, 1.54) is 87.3 Å². The number of quaternary nitrogens is 2. The summed E-state index contributed by atoms with van der Waals surface area (Å²) in [5, 5.41) is 0. The third kappa shape index (κ3) is 10.2. The number of Topliss-reactive ketones (excluding diaryl/α,β-unsaturated/α-hetero) is 1. The molecule has 0 amide bonds. The van der Waals surface area contributed by atoms with E-state index in [2.05, 4.69) is 28.2 Å². The zero-order valence-electron chi connectivity index (χ0n) is 22.7. The van der Waals surface area contributed by atoms with Crippen molar-refractivity contribution in [1.29, 1.82) is 0 Å². The van der Waals surface area contributed by atoms with E-state index in [0.29, 0.717) is 17.9 Å². The summed E-state index contributed by atoms with van der Waals surface area (Å²) in [7, 11) is 0.608. The number of nitrogens with zero attached hydrogens (tertiary/aromatic N) is 2. The van der Waals surface area contributed by atoms with Crippen molar-refractivity contribution in [1.82, 2.24) is 0 Å². The molecular weight excluding hydrogens is 528 g/mol. The van der Waals surface area contributed by atoms with Gasteiger partial charge in [-0.15, -0.1) is 0 Å². The topological polar surface area (TPSA) is 131 Å². The standard InChI is InChI=1S/C15H30N2O.2C6H6O3S/c1-16(2)9-5-7-13(16)11-15(18)12-14-8-6-10-17(14,3)4;2*7-10(8,9)6-4-2-1-3-5-6/h13-14H,5-12H2,1-4H3;2*1-5H,(H,7,8,9)/q+2;;/p-2. The van der Waals surface area contributed by atoms with Gasteiger partial charge in [-0.1, -0.05) is 36.4 Å². The minimum Gasteiger partial charge on any atom is -0.744 e. The molecule has 11 heteroatoms. The van der Waals surface area contributed by atoms with Crippen LogP contribution in [0.15, 0.2) is 70.5 Å². The minimum absolute atomic E-state index is 0.185. The van der Waals surface area contributed by atoms with Gasteiger partial charge in [-0.2, -0.15) is 0 Å². The van der Waals surface area contributed by atoms with Gasteiger partial charge in [0.05, 0.1) is 76.0 Å². The second-order valence-corrected chi connectivity index (χ2v) is 13.8. The molecule has 2 saturated heterocycles. The van der Waals surface area contributed by atoms with Crippen LogP contribution in [0.2, 0.25) is 0 Å². The van der Waals surface area contributed by atoms with Crippen molar-refractivity contribution in [2.24, 2.45) is 0 Å². The van der Waals surface area contributed by atoms with Crippen molar-refractivity contribution < 1.29 is 39.7 Å². The highest BCUT2D eigenvalue weighted by Crippen LogP contribution is 2.29. The molecule has 4 rings (SSSR count). The average molecular weight is 569 g/mol. The van der Waals surface area contributed by atoms with Crippen LogP contribution >= 0.6 is 0 Å². The molecule has 2 aliphatic rings. The van der Waals surface area contributed by atoms with Gasteiger partial charge in [0.25, 0.3) is 0 Å². The van der Waals surface area contributed by atoms with Crippen LogP contribution in [0.1, 0.15) is 38.5 Å². The first-order valence-electron chi connectivity index (χ1n) is 12.7. The van der Waals surface area contributed by atoms with Gasteiger partial charge in [0.15, 0.2) is 0 Å². The van der Waals surface area contributed by atoms with E-state index in [1.54, 1.807) is 12.1 Å². The number of carbonyl (C=O) groups excluding carboxylic acids is 1. The molecular formula is C27H40N2O7S2. The molecule has 0 saturated carbocycles. The normalized spacial score (nSPS) is 21.9. The van der Waals surface area contributed by atoms with Gasteiger partial charge >= 0.3 is 0 Å². The highest BCUT2D eigenvalue weighted by atomic mass is 32.2. The monoisotopic (exact) mass is 568 g/mol. The first-order chi connectivity index (χ1) is 17.5. The molecule has 0 aromatic heterocycles. The molecule has 212 valence electrons. The van der Waals surface area contributed by atoms with E-state index in [4.69, 9.17) is 0 Å². The molecule has 2 fully saturated rings. The lowest BCUT2D eigenvalue weighted by Crippen LogP contribution is -2.47. The number of likely N-dealkylation sites (tertiary alicyclic amines) is 2. The zero-order valence-corrected chi connectivity index (χ0v) is 24.3. The number of hydrogen-bond donors (Lipinski definition) is 0. The van der Waals surface area contributed by atoms with E-state index in [-0.39, 0.29) is 9.79 Å². The molecule has 9 nitrogen and oxygen atoms in total. The van der Waals surface area contributed by atoms with E-state index in [9.17, 15) is 30.7 Å². The molecule has 2 atom stereocenters. The maximum atomic E-state index is 12.3. The summed E-state index contributed by atoms with van der Waals surface area (Å²) in [6, 6.07) is 15.5. The van der Waals surface area contributed by atoms with Crippen LogP contribution < -0.4 is 0 Å². The van der Waals surface area contributed by atoms with Crippen molar-refractivity contribution >= 4 is 26.0 Å². The summed E-state index contributed by atoms with van der Waals surface area (Å²) >= 11 is 0. The summed E-state index contributed by atoms with van der Waals surface area (Å²) in [5.41, 5.74) is 0. The summed E-state index contributed by atoms with van der Waals surface area (Å²) in [6.07, 6.45) is 6.67. The van der Waals surface area contributed by atoms with Crippen molar-refractivity contribution in [3.63, 3.8) is 0 Å². The van der Waals surface area contributed by atoms with Gasteiger partial charge in [0.1, 0.15) is 26.0 Å². The molecule has 0 N–H and O–H groups in total. The fourth-order valence-electron chi connectivity index (χ4n) is 5.01. The number of carbonyl (C=O) groups is 1. The number of ketones is 1. The Labute approximate surface area is 227 Å². The highest BCUT2D eigenvalue weighted by molar-refractivity contribution is 7.86. The fourth-order valence-corrected chi connectivity index (χ4v) is 6.00. The molecule has 0 bridgehead atoms. The summed E-state index contributed by atoms with van der Waals surface area (Å²) in [6.45, 7) is 2.48. The van der Waals surface area contributed by atoms with Crippen molar-refractivity contribution in [3.05, 3.63) is 60.7 Å². The van der Waals surface area contributed by atoms with Crippen molar-refractivity contribution in [3.8, 4) is 0 Å². The zero-order chi connectivity index (χ0) is 28.6. The van der Waals surface area contributed by atoms with Crippen LogP contribution in [0.3, 0.4) is 0 Å². The van der Waals surface area contributed by atoms with Crippen LogP contribution in [-0.2, 0) is 25.0 Å². The summed E-state index contributed by atoms with van der Waals surface area (Å²) < 4.78 is 63.8. The van der Waals surface area contributed by atoms with Crippen molar-refractivity contribution in [2.45, 2.75) is 60.4 Å². The van der Waals surface area contributed by atoms with E-state index >= 15 is 0 Å². The van der Waals surface area contributed by atoms with Gasteiger partial charge in [0.2, 0.25) is 0 Å². The maximum Gasteiger partial charge on any atom is 0.144 e. The quantitative estimate of drug-likeness (QED) is 0.387. The van der Waals surface area contributed by atoms with Gasteiger partial charge in [-0.05, 0) is 24.3 Å². The highest BCUT2D eigenvalue weighted by Gasteiger charge is 2.39. The smallest absolute Gasteiger partial charge is 0.144 e. The first-order valence-corrected chi connectivity index (χ1v) is 15.5. The van der Waals surface area contributed by atoms with E-state index < -0.39 is 20.2 Å². The Bertz CT molecular complexity index is 1150. The van der Waals surface area contributed by atoms with Crippen LogP contribution in [0.4, 0.5) is 0 Å². The molecule has 38 heavy (non-hydrogen) atoms. The Balaban J connectivity index is 0.000000216. The molecule has 0 aliphatic carbocycles. The first kappa shape index (κ1) is 32.1. The van der Waals surface area contributed by atoms with Gasteiger partial charge in [-0.25, -0.2) is 16.8 Å². The minimum atomic E-state index is -4.25. The number of rotatable bonds is 6. The lowest BCUT2D eigenvalue weighted by molar-refractivity contribution is -0.902. The van der Waals surface area contributed by atoms with E-state index in [0.717, 1.165) is 21.8 Å². The third-order valence-electron chi connectivity index (χ3n) is 7.51. The number of hydrogen-bond acceptors (Lipinski definition) is 7. The molecule has 2 aliphatic heterocycles. The Hall–Kier alpha value is -2.15. The Morgan fingerprint density at radius 3 is 1.21 bits per heavy atom. The second-order valence-electron chi connectivity index (χ2n) is 11.1. The summed E-state index contributed by atoms with van der Waals surface area (Å²) in [4.78, 5) is 11.9. The summed E-state index contributed by atoms with van der Waals surface area (Å²) in [5.74, 6) is 0.506. The van der Waals surface area contributed by atoms with E-state index in [1.807, 2.05) is 0 Å². The Morgan fingerprint density at radius 1 is 0.684 bits per heavy atom. The number of benzene rings is 2. The molecule has 2 aromatic rings. The average Bonchev–Trinajstić information content (AvgIpc) is 3.34. The van der Waals surface area contributed by atoms with Gasteiger partial charge in [0, 0.05) is 25.7 Å². The fraction of sp³-hybridized carbons (Fsp3) is 0.519. The molecule has 2 aromatic carbocycles. The molecule has 0 radical (unpaired) electrons. The van der Waals surface area contributed by atoms with Crippen molar-refractivity contribution in [2.75, 3.05) is 41.3 Å². The third-order valence-corrected chi connectivity index (χ3v) is 9.21. The Kier molecular flexibility index (Phi) is 11.2. The lowest BCUT2D eigenvalue weighted by atomic mass is 10.00. The predicted molar refractivity (Wildman–Crippen MR) is 143 cm³/mol. The second kappa shape index (κ2) is 13.3. The van der Waals surface area contributed by atoms with Gasteiger partial charge in [-0.3, -0.25) is 4.79 Å². The largest absolute Gasteiger partial charge is 0.744 e. The van der Waals surface area contributed by atoms with Gasteiger partial charge < -0.3 is 18.1 Å². The SMILES string of the molecule is C[N+]1(C)CCCC1CC(=O)CC1CCC[N+]1(C)C.O=S(=O)([O-])c1ccccc1.O=S(=O)([O-])c1ccccc1.